The third-order valence-electron chi connectivity index (χ3n) is 8.13. The topological polar surface area (TPSA) is 214 Å². The Hall–Kier alpha value is -3.68. The number of benzene rings is 1. The van der Waals surface area contributed by atoms with Crippen LogP contribution in [0.2, 0.25) is 0 Å². The SMILES string of the molecule is CC1c2ccc(NC(=O)OC(C)(C)C)c(O)c2C(=O)C2C(=O)C3(O)C(=O)C(C(N)=O)C(=O)C(N(C)C)C3C(O)C21. The number of amides is 2. The highest BCUT2D eigenvalue weighted by atomic mass is 16.6. The number of ether oxygens (including phenoxy) is 1. The molecule has 3 aliphatic rings. The molecule has 0 spiro atoms. The quantitative estimate of drug-likeness (QED) is 0.240. The zero-order valence-electron chi connectivity index (χ0n) is 22.9. The lowest BCUT2D eigenvalue weighted by Crippen LogP contribution is -2.77. The number of nitrogens with zero attached hydrogens (tertiary/aromatic N) is 1. The number of aromatic hydroxyl groups is 1. The molecule has 3 aliphatic carbocycles. The Bertz CT molecular complexity index is 1350. The number of ketones is 4. The highest BCUT2D eigenvalue weighted by Gasteiger charge is 2.72. The molecule has 2 saturated carbocycles. The molecular weight excluding hydrogens is 526 g/mol. The molecule has 1 aromatic rings. The number of rotatable bonds is 3. The molecule has 0 heterocycles. The van der Waals surface area contributed by atoms with Crippen molar-refractivity contribution in [3.8, 4) is 5.75 Å². The molecule has 1 aromatic carbocycles. The van der Waals surface area contributed by atoms with E-state index < -0.39 is 93.8 Å². The molecule has 8 atom stereocenters. The second kappa shape index (κ2) is 9.46. The first kappa shape index (κ1) is 29.3. The zero-order chi connectivity index (χ0) is 30.2. The van der Waals surface area contributed by atoms with Gasteiger partial charge in [0.15, 0.2) is 34.7 Å². The van der Waals surface area contributed by atoms with Crippen LogP contribution in [0.3, 0.4) is 0 Å². The van der Waals surface area contributed by atoms with Gasteiger partial charge in [-0.3, -0.25) is 34.2 Å². The normalized spacial score (nSPS) is 33.7. The first-order chi connectivity index (χ1) is 18.4. The van der Waals surface area contributed by atoms with Crippen molar-refractivity contribution < 1.29 is 48.8 Å². The number of carbonyl (C=O) groups excluding carboxylic acids is 6. The van der Waals surface area contributed by atoms with Crippen LogP contribution >= 0.6 is 0 Å². The fraction of sp³-hybridized carbons (Fsp3) is 0.556. The van der Waals surface area contributed by atoms with Crippen molar-refractivity contribution in [2.24, 2.45) is 29.4 Å². The highest BCUT2D eigenvalue weighted by Crippen LogP contribution is 2.55. The molecule has 2 amide bonds. The van der Waals surface area contributed by atoms with Crippen LogP contribution in [-0.4, -0.2) is 92.8 Å². The predicted octanol–water partition coefficient (Wildman–Crippen LogP) is -0.254. The van der Waals surface area contributed by atoms with Gasteiger partial charge in [-0.05, 0) is 52.4 Å². The minimum absolute atomic E-state index is 0.187. The summed E-state index contributed by atoms with van der Waals surface area (Å²) in [6.45, 7) is 6.48. The molecule has 6 N–H and O–H groups in total. The van der Waals surface area contributed by atoms with Gasteiger partial charge in [0, 0.05) is 5.92 Å². The van der Waals surface area contributed by atoms with Gasteiger partial charge in [-0.15, -0.1) is 0 Å². The summed E-state index contributed by atoms with van der Waals surface area (Å²) in [6.07, 6.45) is -2.64. The van der Waals surface area contributed by atoms with Gasteiger partial charge < -0.3 is 25.8 Å². The Kier molecular flexibility index (Phi) is 6.93. The average molecular weight is 560 g/mol. The van der Waals surface area contributed by atoms with Crippen molar-refractivity contribution in [2.75, 3.05) is 19.4 Å². The van der Waals surface area contributed by atoms with Crippen LogP contribution in [0.15, 0.2) is 12.1 Å². The van der Waals surface area contributed by atoms with Crippen LogP contribution in [0.5, 0.6) is 5.75 Å². The molecule has 0 aliphatic heterocycles. The van der Waals surface area contributed by atoms with Crippen LogP contribution in [0.25, 0.3) is 0 Å². The standard InChI is InChI=1S/C27H33N3O10/c1-9-10-7-8-11(29-25(38)40-26(2,3)4)18(31)13(10)19(32)14-12(9)20(33)16-17(30(5)6)21(34)15(24(28)37)23(36)27(16,39)22(14)35/h7-9,12,14-17,20,31,33,39H,1-6H3,(H2,28,37)(H,29,38). The first-order valence-corrected chi connectivity index (χ1v) is 12.7. The number of carbonyl (C=O) groups is 6. The van der Waals surface area contributed by atoms with Gasteiger partial charge in [0.25, 0.3) is 0 Å². The summed E-state index contributed by atoms with van der Waals surface area (Å²) < 4.78 is 5.18. The number of hydrogen-bond acceptors (Lipinski definition) is 11. The van der Waals surface area contributed by atoms with Gasteiger partial charge in [0.1, 0.15) is 11.4 Å². The Morgan fingerprint density at radius 1 is 1.10 bits per heavy atom. The van der Waals surface area contributed by atoms with E-state index in [1.165, 1.54) is 31.1 Å². The van der Waals surface area contributed by atoms with Crippen LogP contribution in [0.4, 0.5) is 10.5 Å². The summed E-state index contributed by atoms with van der Waals surface area (Å²) in [6, 6.07) is 1.34. The lowest BCUT2D eigenvalue weighted by Gasteiger charge is -2.56. The monoisotopic (exact) mass is 559 g/mol. The van der Waals surface area contributed by atoms with Crippen molar-refractivity contribution in [1.82, 2.24) is 4.90 Å². The number of nitrogens with one attached hydrogen (secondary N) is 1. The predicted molar refractivity (Wildman–Crippen MR) is 137 cm³/mol. The second-order valence-electron chi connectivity index (χ2n) is 11.9. The lowest BCUT2D eigenvalue weighted by molar-refractivity contribution is -0.196. The number of likely N-dealkylation sites (N-methyl/N-ethyl adjacent to an activating group) is 1. The van der Waals surface area contributed by atoms with Gasteiger partial charge in [0.05, 0.1) is 35.2 Å². The summed E-state index contributed by atoms with van der Waals surface area (Å²) in [7, 11) is 2.84. The lowest BCUT2D eigenvalue weighted by atomic mass is 9.49. The first-order valence-electron chi connectivity index (χ1n) is 12.7. The maximum atomic E-state index is 14.0. The van der Waals surface area contributed by atoms with E-state index in [4.69, 9.17) is 10.5 Å². The summed E-state index contributed by atoms with van der Waals surface area (Å²) in [5.74, 6) is -14.4. The van der Waals surface area contributed by atoms with Crippen molar-refractivity contribution in [3.05, 3.63) is 23.3 Å². The molecule has 2 fully saturated rings. The number of aliphatic hydroxyl groups excluding tert-OH is 1. The maximum absolute atomic E-state index is 14.0. The molecule has 8 unspecified atom stereocenters. The van der Waals surface area contributed by atoms with Crippen LogP contribution in [-0.2, 0) is 23.9 Å². The molecule has 4 rings (SSSR count). The minimum Gasteiger partial charge on any atom is -0.505 e. The molecular formula is C27H33N3O10. The molecule has 0 saturated heterocycles. The Morgan fingerprint density at radius 3 is 2.23 bits per heavy atom. The smallest absolute Gasteiger partial charge is 0.412 e. The van der Waals surface area contributed by atoms with Crippen LogP contribution < -0.4 is 11.1 Å². The third-order valence-corrected chi connectivity index (χ3v) is 8.13. The number of aliphatic hydroxyl groups is 2. The van der Waals surface area contributed by atoms with Gasteiger partial charge in [-0.1, -0.05) is 13.0 Å². The molecule has 0 aromatic heterocycles. The van der Waals surface area contributed by atoms with Crippen molar-refractivity contribution in [3.63, 3.8) is 0 Å². The van der Waals surface area contributed by atoms with Crippen LogP contribution in [0, 0.1) is 23.7 Å². The number of anilines is 1. The zero-order valence-corrected chi connectivity index (χ0v) is 22.9. The van der Waals surface area contributed by atoms with E-state index in [1.807, 2.05) is 0 Å². The van der Waals surface area contributed by atoms with E-state index in [0.717, 1.165) is 0 Å². The number of nitrogens with two attached hydrogens (primary N) is 1. The molecule has 13 heteroatoms. The van der Waals surface area contributed by atoms with E-state index in [-0.39, 0.29) is 16.8 Å². The molecule has 0 bridgehead atoms. The minimum atomic E-state index is -3.09. The number of hydrogen-bond donors (Lipinski definition) is 5. The van der Waals surface area contributed by atoms with Crippen molar-refractivity contribution in [1.29, 1.82) is 0 Å². The molecule has 0 radical (unpaired) electrons. The molecule has 13 nitrogen and oxygen atoms in total. The number of primary amides is 1. The Morgan fingerprint density at radius 2 is 1.70 bits per heavy atom. The Labute approximate surface area is 229 Å². The summed E-state index contributed by atoms with van der Waals surface area (Å²) in [4.78, 5) is 80.0. The highest BCUT2D eigenvalue weighted by molar-refractivity contribution is 6.32. The van der Waals surface area contributed by atoms with Crippen molar-refractivity contribution >= 4 is 40.8 Å². The number of phenolic OH excluding ortho intramolecular Hbond substituents is 1. The number of phenols is 1. The van der Waals surface area contributed by atoms with E-state index >= 15 is 0 Å². The van der Waals surface area contributed by atoms with Gasteiger partial charge in [0.2, 0.25) is 5.91 Å². The maximum Gasteiger partial charge on any atom is 0.412 e. The van der Waals surface area contributed by atoms with Gasteiger partial charge >= 0.3 is 6.09 Å². The van der Waals surface area contributed by atoms with E-state index in [2.05, 4.69) is 5.32 Å². The number of fused-ring (bicyclic) bond motifs is 3. The van der Waals surface area contributed by atoms with Crippen LogP contribution in [0.1, 0.15) is 49.5 Å². The largest absolute Gasteiger partial charge is 0.505 e. The molecule has 216 valence electrons. The van der Waals surface area contributed by atoms with E-state index in [9.17, 15) is 44.1 Å². The summed E-state index contributed by atoms with van der Waals surface area (Å²) in [5.41, 5.74) is 1.09. The fourth-order valence-electron chi connectivity index (χ4n) is 6.50. The summed E-state index contributed by atoms with van der Waals surface area (Å²) >= 11 is 0. The fourth-order valence-corrected chi connectivity index (χ4v) is 6.50. The van der Waals surface area contributed by atoms with Gasteiger partial charge in [-0.2, -0.15) is 0 Å². The molecule has 40 heavy (non-hydrogen) atoms. The third kappa shape index (κ3) is 4.11. The van der Waals surface area contributed by atoms with E-state index in [1.54, 1.807) is 27.7 Å². The second-order valence-corrected chi connectivity index (χ2v) is 11.9. The number of Topliss-reactive ketones (excluding diaryl/α,β-unsaturated/α-hetero) is 4. The average Bonchev–Trinajstić information content (AvgIpc) is 2.81. The van der Waals surface area contributed by atoms with Crippen molar-refractivity contribution in [2.45, 2.75) is 57.0 Å². The Balaban J connectivity index is 1.85. The summed E-state index contributed by atoms with van der Waals surface area (Å²) in [5, 5.41) is 36.6. The van der Waals surface area contributed by atoms with Gasteiger partial charge in [-0.25, -0.2) is 4.79 Å². The van der Waals surface area contributed by atoms with E-state index in [0.29, 0.717) is 0 Å².